The average molecular weight is 422 g/mol. The maximum Gasteiger partial charge on any atom is 0.234 e. The summed E-state index contributed by atoms with van der Waals surface area (Å²) < 4.78 is 13.3. The number of carbonyl (C=O) groups excluding carboxylic acids is 1. The van der Waals surface area contributed by atoms with Gasteiger partial charge >= 0.3 is 0 Å². The summed E-state index contributed by atoms with van der Waals surface area (Å²) in [5, 5.41) is 3.83. The Hall–Kier alpha value is -2.93. The number of amides is 1. The summed E-state index contributed by atoms with van der Waals surface area (Å²) in [7, 11) is 0. The number of hydrogen-bond acceptors (Lipinski definition) is 5. The Kier molecular flexibility index (Phi) is 5.36. The quantitative estimate of drug-likeness (QED) is 0.624. The van der Waals surface area contributed by atoms with Crippen molar-refractivity contribution in [3.63, 3.8) is 0 Å². The van der Waals surface area contributed by atoms with Crippen LogP contribution in [-0.4, -0.2) is 34.4 Å². The summed E-state index contributed by atoms with van der Waals surface area (Å²) >= 11 is 1.48. The fourth-order valence-corrected chi connectivity index (χ4v) is 4.76. The molecule has 3 aromatic rings. The number of anilines is 1. The van der Waals surface area contributed by atoms with Crippen LogP contribution in [0, 0.1) is 0 Å². The lowest BCUT2D eigenvalue weighted by molar-refractivity contribution is -0.113. The highest BCUT2D eigenvalue weighted by Crippen LogP contribution is 2.33. The third kappa shape index (κ3) is 3.89. The fraction of sp³-hybridized carbons (Fsp3) is 0.304. The monoisotopic (exact) mass is 421 g/mol. The van der Waals surface area contributed by atoms with Crippen molar-refractivity contribution < 1.29 is 14.3 Å². The lowest BCUT2D eigenvalue weighted by atomic mass is 10.0. The molecule has 0 atom stereocenters. The number of aromatic nitrogens is 2. The van der Waals surface area contributed by atoms with Crippen LogP contribution in [0.3, 0.4) is 0 Å². The Morgan fingerprint density at radius 1 is 1.03 bits per heavy atom. The van der Waals surface area contributed by atoms with Crippen molar-refractivity contribution in [2.75, 3.05) is 24.3 Å². The van der Waals surface area contributed by atoms with Crippen molar-refractivity contribution >= 4 is 23.4 Å². The lowest BCUT2D eigenvalue weighted by Gasteiger charge is -2.19. The van der Waals surface area contributed by atoms with Gasteiger partial charge in [-0.15, -0.1) is 0 Å². The molecule has 2 aromatic carbocycles. The van der Waals surface area contributed by atoms with Crippen LogP contribution in [0.5, 0.6) is 11.5 Å². The summed E-state index contributed by atoms with van der Waals surface area (Å²) in [5.41, 5.74) is 4.25. The largest absolute Gasteiger partial charge is 0.486 e. The Balaban J connectivity index is 1.31. The van der Waals surface area contributed by atoms with Crippen LogP contribution in [0.1, 0.15) is 24.2 Å². The lowest BCUT2D eigenvalue weighted by Crippen LogP contribution is -2.17. The number of ether oxygens (including phenoxy) is 2. The van der Waals surface area contributed by atoms with E-state index >= 15 is 0 Å². The Morgan fingerprint density at radius 2 is 1.83 bits per heavy atom. The topological polar surface area (TPSA) is 65.4 Å². The molecule has 30 heavy (non-hydrogen) atoms. The van der Waals surface area contributed by atoms with E-state index in [1.54, 1.807) is 6.07 Å². The number of nitrogens with one attached hydrogen (secondary N) is 1. The molecule has 5 rings (SSSR count). The second kappa shape index (κ2) is 8.44. The molecule has 1 aromatic heterocycles. The van der Waals surface area contributed by atoms with Gasteiger partial charge in [0.2, 0.25) is 5.91 Å². The van der Waals surface area contributed by atoms with Crippen LogP contribution in [-0.2, 0) is 17.6 Å². The third-order valence-corrected chi connectivity index (χ3v) is 6.21. The Labute approximate surface area is 179 Å². The van der Waals surface area contributed by atoms with E-state index < -0.39 is 0 Å². The normalized spacial score (nSPS) is 14.8. The second-order valence-electron chi connectivity index (χ2n) is 7.36. The van der Waals surface area contributed by atoms with Crippen LogP contribution in [0.25, 0.3) is 5.69 Å². The minimum absolute atomic E-state index is 0.0720. The van der Waals surface area contributed by atoms with Gasteiger partial charge < -0.3 is 14.8 Å². The number of nitrogens with zero attached hydrogens (tertiary/aromatic N) is 2. The van der Waals surface area contributed by atoms with E-state index in [0.717, 1.165) is 23.7 Å². The molecule has 7 heteroatoms. The molecule has 1 amide bonds. The number of fused-ring (bicyclic) bond motifs is 2. The third-order valence-electron chi connectivity index (χ3n) is 5.27. The van der Waals surface area contributed by atoms with E-state index in [-0.39, 0.29) is 11.7 Å². The molecule has 0 radical (unpaired) electrons. The Morgan fingerprint density at radius 3 is 2.70 bits per heavy atom. The van der Waals surface area contributed by atoms with Crippen LogP contribution in [0.15, 0.2) is 53.7 Å². The van der Waals surface area contributed by atoms with Crippen molar-refractivity contribution in [2.45, 2.75) is 30.8 Å². The summed E-state index contributed by atoms with van der Waals surface area (Å²) in [6.07, 6.45) is 4.39. The van der Waals surface area contributed by atoms with Crippen molar-refractivity contribution in [3.05, 3.63) is 59.9 Å². The van der Waals surface area contributed by atoms with Crippen molar-refractivity contribution in [3.8, 4) is 17.2 Å². The molecule has 1 aliphatic carbocycles. The SMILES string of the molecule is O=C(CSc1nc2c(n1-c1ccccc1)CCCC2)Nc1ccc2c(c1)OCCO2. The maximum atomic E-state index is 12.6. The highest BCUT2D eigenvalue weighted by molar-refractivity contribution is 7.99. The van der Waals surface area contributed by atoms with Gasteiger partial charge in [0.15, 0.2) is 16.7 Å². The molecule has 6 nitrogen and oxygen atoms in total. The Bertz CT molecular complexity index is 1070. The first kappa shape index (κ1) is 19.1. The molecular formula is C23H23N3O3S. The zero-order valence-electron chi connectivity index (χ0n) is 16.6. The first-order valence-corrected chi connectivity index (χ1v) is 11.2. The van der Waals surface area contributed by atoms with Gasteiger partial charge in [-0.25, -0.2) is 4.98 Å². The van der Waals surface area contributed by atoms with E-state index in [4.69, 9.17) is 14.5 Å². The second-order valence-corrected chi connectivity index (χ2v) is 8.30. The van der Waals surface area contributed by atoms with Gasteiger partial charge in [0.25, 0.3) is 0 Å². The number of carbonyl (C=O) groups is 1. The molecule has 0 saturated heterocycles. The minimum Gasteiger partial charge on any atom is -0.486 e. The van der Waals surface area contributed by atoms with Gasteiger partial charge in [0, 0.05) is 23.1 Å². The zero-order chi connectivity index (χ0) is 20.3. The summed E-state index contributed by atoms with van der Waals surface area (Å²) in [6, 6.07) is 15.7. The van der Waals surface area contributed by atoms with Gasteiger partial charge in [0.1, 0.15) is 13.2 Å². The molecule has 0 unspecified atom stereocenters. The number of benzene rings is 2. The first-order valence-electron chi connectivity index (χ1n) is 10.3. The summed E-state index contributed by atoms with van der Waals surface area (Å²) in [4.78, 5) is 17.5. The highest BCUT2D eigenvalue weighted by atomic mass is 32.2. The molecule has 0 spiro atoms. The van der Waals surface area contributed by atoms with Crippen molar-refractivity contribution in [2.24, 2.45) is 0 Å². The molecule has 1 N–H and O–H groups in total. The van der Waals surface area contributed by atoms with Crippen LogP contribution in [0.4, 0.5) is 5.69 Å². The number of rotatable bonds is 5. The van der Waals surface area contributed by atoms with Gasteiger partial charge in [-0.1, -0.05) is 30.0 Å². The number of para-hydroxylation sites is 1. The average Bonchev–Trinajstić information content (AvgIpc) is 3.17. The summed E-state index contributed by atoms with van der Waals surface area (Å²) in [5.74, 6) is 1.59. The van der Waals surface area contributed by atoms with E-state index in [2.05, 4.69) is 22.0 Å². The molecule has 1 aliphatic heterocycles. The molecular weight excluding hydrogens is 398 g/mol. The van der Waals surface area contributed by atoms with Crippen molar-refractivity contribution in [1.82, 2.24) is 9.55 Å². The molecule has 0 fully saturated rings. The predicted molar refractivity (Wildman–Crippen MR) is 117 cm³/mol. The molecule has 2 heterocycles. The zero-order valence-corrected chi connectivity index (χ0v) is 17.4. The van der Waals surface area contributed by atoms with Crippen LogP contribution in [0.2, 0.25) is 0 Å². The van der Waals surface area contributed by atoms with Gasteiger partial charge in [-0.05, 0) is 49.9 Å². The fourth-order valence-electron chi connectivity index (χ4n) is 3.90. The molecule has 2 aliphatic rings. The van der Waals surface area contributed by atoms with E-state index in [9.17, 15) is 4.79 Å². The smallest absolute Gasteiger partial charge is 0.234 e. The number of aryl methyl sites for hydroxylation is 1. The minimum atomic E-state index is -0.0720. The summed E-state index contributed by atoms with van der Waals surface area (Å²) in [6.45, 7) is 1.07. The van der Waals surface area contributed by atoms with Gasteiger partial charge in [-0.2, -0.15) is 0 Å². The predicted octanol–water partition coefficient (Wildman–Crippen LogP) is 4.25. The van der Waals surface area contributed by atoms with E-state index in [1.165, 1.54) is 36.0 Å². The van der Waals surface area contributed by atoms with Crippen molar-refractivity contribution in [1.29, 1.82) is 0 Å². The highest BCUT2D eigenvalue weighted by Gasteiger charge is 2.22. The van der Waals surface area contributed by atoms with Gasteiger partial charge in [-0.3, -0.25) is 9.36 Å². The standard InChI is InChI=1S/C23H23N3O3S/c27-22(24-16-10-11-20-21(14-16)29-13-12-28-20)15-30-23-25-18-8-4-5-9-19(18)26(23)17-6-2-1-3-7-17/h1-3,6-7,10-11,14H,4-5,8-9,12-13,15H2,(H,24,27). The molecule has 154 valence electrons. The number of imidazole rings is 1. The van der Waals surface area contributed by atoms with E-state index in [0.29, 0.717) is 30.4 Å². The van der Waals surface area contributed by atoms with E-state index in [1.807, 2.05) is 30.3 Å². The van der Waals surface area contributed by atoms with Crippen LogP contribution < -0.4 is 14.8 Å². The number of hydrogen-bond donors (Lipinski definition) is 1. The van der Waals surface area contributed by atoms with Crippen LogP contribution >= 0.6 is 11.8 Å². The first-order chi connectivity index (χ1) is 14.8. The molecule has 0 saturated carbocycles. The maximum absolute atomic E-state index is 12.6. The molecule has 0 bridgehead atoms. The number of thioether (sulfide) groups is 1. The van der Waals surface area contributed by atoms with Gasteiger partial charge in [0.05, 0.1) is 11.4 Å².